The third kappa shape index (κ3) is 3.87. The summed E-state index contributed by atoms with van der Waals surface area (Å²) in [4.78, 5) is 27.4. The molecule has 0 aliphatic heterocycles. The van der Waals surface area contributed by atoms with Crippen LogP contribution in [0, 0.1) is 0 Å². The quantitative estimate of drug-likeness (QED) is 0.698. The first-order chi connectivity index (χ1) is 13.0. The van der Waals surface area contributed by atoms with Gasteiger partial charge in [0.05, 0.1) is 26.8 Å². The molecular weight excluding hydrogens is 348 g/mol. The van der Waals surface area contributed by atoms with Crippen LogP contribution < -0.4 is 25.1 Å². The molecule has 0 fully saturated rings. The standard InChI is InChI=1S/C20H20N2O5/c1-25-15-6-4-12(5-7-15)19(23)21-11-14-8-13-9-17(26-2)18(27-3)10-16(13)22-20(14)24/h4-10H,11H2,1-3H3,(H,21,23)(H,22,24). The largest absolute Gasteiger partial charge is 0.497 e. The third-order valence-corrected chi connectivity index (χ3v) is 4.22. The maximum atomic E-state index is 12.3. The third-order valence-electron chi connectivity index (χ3n) is 4.22. The van der Waals surface area contributed by atoms with Crippen LogP contribution in [-0.4, -0.2) is 32.2 Å². The van der Waals surface area contributed by atoms with E-state index in [2.05, 4.69) is 10.3 Å². The van der Waals surface area contributed by atoms with Crippen LogP contribution in [0.1, 0.15) is 15.9 Å². The predicted octanol–water partition coefficient (Wildman–Crippen LogP) is 2.48. The number of benzene rings is 2. The van der Waals surface area contributed by atoms with Gasteiger partial charge in [0, 0.05) is 29.1 Å². The van der Waals surface area contributed by atoms with Crippen LogP contribution in [0.5, 0.6) is 17.2 Å². The van der Waals surface area contributed by atoms with Crippen molar-refractivity contribution in [2.45, 2.75) is 6.54 Å². The van der Waals surface area contributed by atoms with E-state index in [4.69, 9.17) is 14.2 Å². The number of hydrogen-bond acceptors (Lipinski definition) is 5. The number of aromatic nitrogens is 1. The van der Waals surface area contributed by atoms with Crippen molar-refractivity contribution in [3.8, 4) is 17.2 Å². The number of amides is 1. The Bertz CT molecular complexity index is 1020. The minimum absolute atomic E-state index is 0.102. The molecule has 0 bridgehead atoms. The highest BCUT2D eigenvalue weighted by molar-refractivity contribution is 5.94. The average molecular weight is 368 g/mol. The molecule has 0 radical (unpaired) electrons. The second kappa shape index (κ2) is 7.82. The molecule has 3 aromatic rings. The number of ether oxygens (including phenoxy) is 3. The molecule has 140 valence electrons. The molecule has 1 heterocycles. The van der Waals surface area contributed by atoms with E-state index in [0.717, 1.165) is 5.39 Å². The molecule has 7 nitrogen and oxygen atoms in total. The van der Waals surface area contributed by atoms with Crippen molar-refractivity contribution in [2.75, 3.05) is 21.3 Å². The number of carbonyl (C=O) groups is 1. The van der Waals surface area contributed by atoms with Crippen molar-refractivity contribution in [1.29, 1.82) is 0 Å². The fraction of sp³-hybridized carbons (Fsp3) is 0.200. The second-order valence-corrected chi connectivity index (χ2v) is 5.83. The first-order valence-electron chi connectivity index (χ1n) is 8.26. The number of pyridine rings is 1. The minimum atomic E-state index is -0.274. The summed E-state index contributed by atoms with van der Waals surface area (Å²) in [6.45, 7) is 0.102. The Morgan fingerprint density at radius 3 is 2.26 bits per heavy atom. The highest BCUT2D eigenvalue weighted by Gasteiger charge is 2.11. The Balaban J connectivity index is 1.82. The molecule has 1 amide bonds. The van der Waals surface area contributed by atoms with E-state index in [-0.39, 0.29) is 18.0 Å². The number of methoxy groups -OCH3 is 3. The van der Waals surface area contributed by atoms with Gasteiger partial charge in [0.2, 0.25) is 0 Å². The fourth-order valence-electron chi connectivity index (χ4n) is 2.73. The zero-order valence-electron chi connectivity index (χ0n) is 15.3. The number of carbonyl (C=O) groups excluding carboxylic acids is 1. The van der Waals surface area contributed by atoms with Crippen LogP contribution in [0.4, 0.5) is 0 Å². The van der Waals surface area contributed by atoms with Gasteiger partial charge < -0.3 is 24.5 Å². The molecular formula is C20H20N2O5. The minimum Gasteiger partial charge on any atom is -0.497 e. The Morgan fingerprint density at radius 1 is 0.963 bits per heavy atom. The fourth-order valence-corrected chi connectivity index (χ4v) is 2.73. The van der Waals surface area contributed by atoms with Crippen molar-refractivity contribution in [3.63, 3.8) is 0 Å². The van der Waals surface area contributed by atoms with E-state index < -0.39 is 0 Å². The van der Waals surface area contributed by atoms with Gasteiger partial charge in [-0.1, -0.05) is 0 Å². The topological polar surface area (TPSA) is 89.7 Å². The predicted molar refractivity (Wildman–Crippen MR) is 102 cm³/mol. The van der Waals surface area contributed by atoms with Gasteiger partial charge in [0.25, 0.3) is 11.5 Å². The van der Waals surface area contributed by atoms with E-state index in [1.165, 1.54) is 7.11 Å². The maximum absolute atomic E-state index is 12.3. The van der Waals surface area contributed by atoms with Gasteiger partial charge in [-0.15, -0.1) is 0 Å². The molecule has 2 aromatic carbocycles. The van der Waals surface area contributed by atoms with Crippen LogP contribution in [0.15, 0.2) is 47.3 Å². The van der Waals surface area contributed by atoms with Crippen molar-refractivity contribution < 1.29 is 19.0 Å². The normalized spacial score (nSPS) is 10.5. The molecule has 1 aromatic heterocycles. The zero-order chi connectivity index (χ0) is 19.4. The molecule has 7 heteroatoms. The van der Waals surface area contributed by atoms with Crippen molar-refractivity contribution in [3.05, 3.63) is 63.9 Å². The van der Waals surface area contributed by atoms with E-state index in [1.54, 1.807) is 56.7 Å². The number of aromatic amines is 1. The number of H-pyrrole nitrogens is 1. The van der Waals surface area contributed by atoms with Crippen LogP contribution in [0.2, 0.25) is 0 Å². The van der Waals surface area contributed by atoms with Crippen molar-refractivity contribution >= 4 is 16.8 Å². The first-order valence-corrected chi connectivity index (χ1v) is 8.26. The molecule has 27 heavy (non-hydrogen) atoms. The van der Waals surface area contributed by atoms with Crippen LogP contribution in [0.25, 0.3) is 10.9 Å². The summed E-state index contributed by atoms with van der Waals surface area (Å²) >= 11 is 0. The van der Waals surface area contributed by atoms with E-state index >= 15 is 0 Å². The lowest BCUT2D eigenvalue weighted by molar-refractivity contribution is 0.0951. The smallest absolute Gasteiger partial charge is 0.253 e. The molecule has 0 unspecified atom stereocenters. The van der Waals surface area contributed by atoms with Gasteiger partial charge in [0.15, 0.2) is 11.5 Å². The van der Waals surface area contributed by atoms with Gasteiger partial charge >= 0.3 is 0 Å². The van der Waals surface area contributed by atoms with E-state index in [9.17, 15) is 9.59 Å². The summed E-state index contributed by atoms with van der Waals surface area (Å²) in [5, 5.41) is 3.53. The lowest BCUT2D eigenvalue weighted by Gasteiger charge is -2.10. The molecule has 0 spiro atoms. The molecule has 0 saturated heterocycles. The van der Waals surface area contributed by atoms with Crippen LogP contribution >= 0.6 is 0 Å². The molecule has 2 N–H and O–H groups in total. The molecule has 3 rings (SSSR count). The lowest BCUT2D eigenvalue weighted by atomic mass is 10.1. The number of nitrogens with one attached hydrogen (secondary N) is 2. The molecule has 0 aliphatic carbocycles. The SMILES string of the molecule is COc1ccc(C(=O)NCc2cc3cc(OC)c(OC)cc3[nH]c2=O)cc1. The summed E-state index contributed by atoms with van der Waals surface area (Å²) < 4.78 is 15.6. The number of rotatable bonds is 6. The maximum Gasteiger partial charge on any atom is 0.253 e. The van der Waals surface area contributed by atoms with Gasteiger partial charge in [-0.2, -0.15) is 0 Å². The average Bonchev–Trinajstić information content (AvgIpc) is 2.71. The summed E-state index contributed by atoms with van der Waals surface area (Å²) in [5.41, 5.74) is 1.28. The highest BCUT2D eigenvalue weighted by atomic mass is 16.5. The highest BCUT2D eigenvalue weighted by Crippen LogP contribution is 2.31. The Kier molecular flexibility index (Phi) is 5.30. The Labute approximate surface area is 155 Å². The van der Waals surface area contributed by atoms with Gasteiger partial charge in [-0.3, -0.25) is 9.59 Å². The molecule has 0 saturated carbocycles. The van der Waals surface area contributed by atoms with E-state index in [1.807, 2.05) is 0 Å². The Morgan fingerprint density at radius 2 is 1.63 bits per heavy atom. The zero-order valence-corrected chi connectivity index (χ0v) is 15.3. The second-order valence-electron chi connectivity index (χ2n) is 5.83. The summed E-state index contributed by atoms with van der Waals surface area (Å²) in [7, 11) is 4.64. The summed E-state index contributed by atoms with van der Waals surface area (Å²) in [5.74, 6) is 1.48. The van der Waals surface area contributed by atoms with Crippen LogP contribution in [0.3, 0.4) is 0 Å². The van der Waals surface area contributed by atoms with Crippen LogP contribution in [-0.2, 0) is 6.54 Å². The first kappa shape index (κ1) is 18.3. The van der Waals surface area contributed by atoms with E-state index in [0.29, 0.717) is 33.9 Å². The number of fused-ring (bicyclic) bond motifs is 1. The summed E-state index contributed by atoms with van der Waals surface area (Å²) in [6, 6.07) is 11.9. The summed E-state index contributed by atoms with van der Waals surface area (Å²) in [6.07, 6.45) is 0. The van der Waals surface area contributed by atoms with Gasteiger partial charge in [-0.25, -0.2) is 0 Å². The Hall–Kier alpha value is -3.48. The van der Waals surface area contributed by atoms with Crippen molar-refractivity contribution in [2.24, 2.45) is 0 Å². The van der Waals surface area contributed by atoms with Gasteiger partial charge in [-0.05, 0) is 36.4 Å². The molecule has 0 atom stereocenters. The van der Waals surface area contributed by atoms with Crippen molar-refractivity contribution in [1.82, 2.24) is 10.3 Å². The molecule has 0 aliphatic rings. The van der Waals surface area contributed by atoms with Gasteiger partial charge in [0.1, 0.15) is 5.75 Å². The monoisotopic (exact) mass is 368 g/mol. The number of hydrogen-bond donors (Lipinski definition) is 2. The lowest BCUT2D eigenvalue weighted by Crippen LogP contribution is -2.26.